The third kappa shape index (κ3) is 5.17. The Balaban J connectivity index is 2.10. The van der Waals surface area contributed by atoms with Gasteiger partial charge in [-0.1, -0.05) is 84.5 Å². The van der Waals surface area contributed by atoms with Crippen LogP contribution in [0.2, 0.25) is 41.3 Å². The van der Waals surface area contributed by atoms with Crippen molar-refractivity contribution in [2.24, 2.45) is 0 Å². The van der Waals surface area contributed by atoms with Crippen LogP contribution in [0, 0.1) is 17.5 Å². The van der Waals surface area contributed by atoms with E-state index in [2.05, 4.69) is 20.8 Å². The van der Waals surface area contributed by atoms with Gasteiger partial charge in [-0.25, -0.2) is 17.6 Å². The van der Waals surface area contributed by atoms with Crippen LogP contribution < -0.4 is 4.43 Å². The van der Waals surface area contributed by atoms with Crippen LogP contribution in [0.5, 0.6) is 5.75 Å². The molecule has 0 saturated heterocycles. The lowest BCUT2D eigenvalue weighted by molar-refractivity contribution is 0.0137. The van der Waals surface area contributed by atoms with Gasteiger partial charge in [-0.05, 0) is 30.0 Å². The molecule has 1 fully saturated rings. The summed E-state index contributed by atoms with van der Waals surface area (Å²) >= 11 is 0. The third-order valence-electron chi connectivity index (χ3n) is 9.37. The first-order valence-corrected chi connectivity index (χ1v) is 18.8. The molecule has 0 amide bonds. The lowest BCUT2D eigenvalue weighted by Crippen LogP contribution is -2.51. The number of alkyl halides is 2. The van der Waals surface area contributed by atoms with Crippen LogP contribution in [0.3, 0.4) is 0 Å². The molecular weight excluding hydrogens is 529 g/mol. The van der Waals surface area contributed by atoms with Crippen LogP contribution in [0.15, 0.2) is 5.83 Å². The average Bonchev–Trinajstić information content (AvgIpc) is 3.07. The summed E-state index contributed by atoms with van der Waals surface area (Å²) in [4.78, 5) is 0. The predicted octanol–water partition coefficient (Wildman–Crippen LogP) is 10.8. The molecule has 1 nitrogen and oxygen atoms in total. The van der Waals surface area contributed by atoms with Gasteiger partial charge >= 0.3 is 5.92 Å². The first-order chi connectivity index (χ1) is 17.3. The second-order valence-electron chi connectivity index (χ2n) is 11.2. The normalized spacial score (nSPS) is 19.9. The van der Waals surface area contributed by atoms with Gasteiger partial charge in [0, 0.05) is 0 Å². The minimum atomic E-state index is -4.78. The van der Waals surface area contributed by atoms with Gasteiger partial charge in [0.15, 0.2) is 23.2 Å². The summed E-state index contributed by atoms with van der Waals surface area (Å²) < 4.78 is 109. The van der Waals surface area contributed by atoms with Crippen molar-refractivity contribution in [1.29, 1.82) is 0 Å². The Bertz CT molecular complexity index is 1010. The highest BCUT2D eigenvalue weighted by atomic mass is 28.4. The third-order valence-corrected chi connectivity index (χ3v) is 20.9. The van der Waals surface area contributed by atoms with Gasteiger partial charge in [-0.3, -0.25) is 0 Å². The van der Waals surface area contributed by atoms with Gasteiger partial charge < -0.3 is 4.43 Å². The van der Waals surface area contributed by atoms with Gasteiger partial charge in [0.25, 0.3) is 8.32 Å². The fourth-order valence-corrected chi connectivity index (χ4v) is 15.6. The standard InChI is InChI=1S/C27H39F7OSi2/c1-6-36(7-2,8-3)15-12-16-37(17(4)5,18-13-10-9-11-14-18)35-25-21(28)19-20(23(30)24(25)31)27(33,34)26(32)22(19)29/h17-18H,6-16H2,1-5H3. The summed E-state index contributed by atoms with van der Waals surface area (Å²) in [5.74, 6) is -16.7. The van der Waals surface area contributed by atoms with Gasteiger partial charge in [-0.2, -0.15) is 13.2 Å². The Morgan fingerprint density at radius 3 is 1.92 bits per heavy atom. The highest BCUT2D eigenvalue weighted by Gasteiger charge is 2.55. The van der Waals surface area contributed by atoms with Gasteiger partial charge in [0.05, 0.1) is 19.2 Å². The molecule has 0 N–H and O–H groups in total. The van der Waals surface area contributed by atoms with E-state index in [0.29, 0.717) is 6.04 Å². The van der Waals surface area contributed by atoms with Crippen LogP contribution in [0.25, 0.3) is 5.83 Å². The molecule has 0 radical (unpaired) electrons. The SMILES string of the molecule is CC[Si](CC)(CC)CCC[Si](Oc1c(F)c(F)c2c(c1F)C(F)=C(F)C2(F)F)(C(C)C)C1CCCCC1. The summed E-state index contributed by atoms with van der Waals surface area (Å²) in [5.41, 5.74) is -3.59. The fraction of sp³-hybridized carbons (Fsp3) is 0.704. The van der Waals surface area contributed by atoms with Crippen LogP contribution in [0.4, 0.5) is 30.7 Å². The summed E-state index contributed by atoms with van der Waals surface area (Å²) in [7, 11) is -4.58. The van der Waals surface area contributed by atoms with Crippen molar-refractivity contribution >= 4 is 22.2 Å². The Morgan fingerprint density at radius 1 is 0.838 bits per heavy atom. The molecule has 0 aromatic heterocycles. The molecule has 210 valence electrons. The van der Waals surface area contributed by atoms with E-state index in [9.17, 15) is 22.0 Å². The zero-order valence-corrected chi connectivity index (χ0v) is 24.5. The molecule has 10 heteroatoms. The molecule has 2 aliphatic carbocycles. The Kier molecular flexibility index (Phi) is 9.35. The van der Waals surface area contributed by atoms with Crippen molar-refractivity contribution < 1.29 is 35.2 Å². The molecular formula is C27H39F7OSi2. The van der Waals surface area contributed by atoms with Crippen LogP contribution in [0.1, 0.15) is 84.3 Å². The largest absolute Gasteiger partial charge is 0.539 e. The average molecular weight is 569 g/mol. The number of hydrogen-bond donors (Lipinski definition) is 0. The van der Waals surface area contributed by atoms with Crippen molar-refractivity contribution in [3.8, 4) is 5.75 Å². The fourth-order valence-electron chi connectivity index (χ4n) is 6.60. The first kappa shape index (κ1) is 30.2. The molecule has 37 heavy (non-hydrogen) atoms. The number of fused-ring (bicyclic) bond motifs is 1. The van der Waals surface area contributed by atoms with E-state index in [0.717, 1.165) is 62.7 Å². The highest BCUT2D eigenvalue weighted by Crippen LogP contribution is 2.55. The first-order valence-electron chi connectivity index (χ1n) is 13.7. The second kappa shape index (κ2) is 11.4. The topological polar surface area (TPSA) is 9.23 Å². The predicted molar refractivity (Wildman–Crippen MR) is 139 cm³/mol. The Hall–Kier alpha value is -1.30. The lowest BCUT2D eigenvalue weighted by Gasteiger charge is -2.44. The molecule has 1 atom stereocenters. The monoisotopic (exact) mass is 568 g/mol. The van der Waals surface area contributed by atoms with E-state index in [-0.39, 0.29) is 11.1 Å². The van der Waals surface area contributed by atoms with Crippen LogP contribution in [-0.2, 0) is 5.92 Å². The van der Waals surface area contributed by atoms with Gasteiger partial charge in [0.1, 0.15) is 0 Å². The summed E-state index contributed by atoms with van der Waals surface area (Å²) in [6.07, 6.45) is 5.33. The number of rotatable bonds is 11. The van der Waals surface area contributed by atoms with E-state index in [1.807, 2.05) is 13.8 Å². The molecule has 0 heterocycles. The smallest absolute Gasteiger partial charge is 0.330 e. The van der Waals surface area contributed by atoms with E-state index in [1.54, 1.807) is 0 Å². The van der Waals surface area contributed by atoms with Crippen molar-refractivity contribution in [2.75, 3.05) is 0 Å². The van der Waals surface area contributed by atoms with Crippen molar-refractivity contribution in [2.45, 2.75) is 120 Å². The molecule has 1 saturated carbocycles. The maximum Gasteiger partial charge on any atom is 0.330 e. The molecule has 1 unspecified atom stereocenters. The van der Waals surface area contributed by atoms with E-state index < -0.39 is 68.3 Å². The zero-order chi connectivity index (χ0) is 27.8. The number of halogens is 7. The zero-order valence-electron chi connectivity index (χ0n) is 22.5. The quantitative estimate of drug-likeness (QED) is 0.147. The maximum absolute atomic E-state index is 15.5. The van der Waals surface area contributed by atoms with E-state index >= 15 is 8.78 Å². The summed E-state index contributed by atoms with van der Waals surface area (Å²) in [6, 6.07) is 5.01. The van der Waals surface area contributed by atoms with Crippen LogP contribution in [-0.4, -0.2) is 16.4 Å². The Labute approximate surface area is 218 Å². The molecule has 3 rings (SSSR count). The molecule has 0 aliphatic heterocycles. The Morgan fingerprint density at radius 2 is 1.41 bits per heavy atom. The molecule has 1 aromatic carbocycles. The molecule has 0 spiro atoms. The minimum absolute atomic E-state index is 0.0379. The van der Waals surface area contributed by atoms with E-state index in [1.165, 1.54) is 0 Å². The minimum Gasteiger partial charge on any atom is -0.539 e. The van der Waals surface area contributed by atoms with Crippen molar-refractivity contribution in [1.82, 2.24) is 0 Å². The summed E-state index contributed by atoms with van der Waals surface area (Å²) in [6.45, 7) is 10.5. The van der Waals surface area contributed by atoms with Gasteiger partial charge in [0.2, 0.25) is 11.6 Å². The van der Waals surface area contributed by atoms with Crippen LogP contribution >= 0.6 is 0 Å². The number of hydrogen-bond acceptors (Lipinski definition) is 1. The van der Waals surface area contributed by atoms with Crippen molar-refractivity contribution in [3.63, 3.8) is 0 Å². The molecule has 1 aromatic rings. The van der Waals surface area contributed by atoms with Crippen molar-refractivity contribution in [3.05, 3.63) is 34.4 Å². The maximum atomic E-state index is 15.5. The lowest BCUT2D eigenvalue weighted by atomic mass is 10.0. The number of benzene rings is 1. The second-order valence-corrected chi connectivity index (χ2v) is 21.4. The highest BCUT2D eigenvalue weighted by molar-refractivity contribution is 6.80. The summed E-state index contributed by atoms with van der Waals surface area (Å²) in [5, 5.41) is 0. The van der Waals surface area contributed by atoms with Gasteiger partial charge in [-0.15, -0.1) is 0 Å². The van der Waals surface area contributed by atoms with E-state index in [4.69, 9.17) is 4.43 Å². The molecule has 0 bridgehead atoms. The number of allylic oxidation sites excluding steroid dienone is 1. The molecule has 2 aliphatic rings.